The Labute approximate surface area is 110 Å². The fourth-order valence-electron chi connectivity index (χ4n) is 2.11. The van der Waals surface area contributed by atoms with Gasteiger partial charge >= 0.3 is 0 Å². The maximum absolute atomic E-state index is 9.15. The van der Waals surface area contributed by atoms with E-state index in [1.807, 2.05) is 0 Å². The highest BCUT2D eigenvalue weighted by atomic mass is 16.5. The Kier molecular flexibility index (Phi) is 6.16. The van der Waals surface area contributed by atoms with Gasteiger partial charge in [-0.3, -0.25) is 0 Å². The van der Waals surface area contributed by atoms with Gasteiger partial charge in [-0.05, 0) is 43.4 Å². The van der Waals surface area contributed by atoms with E-state index in [-0.39, 0.29) is 6.61 Å². The average molecular weight is 251 g/mol. The zero-order chi connectivity index (χ0) is 13.5. The number of nitrogens with one attached hydrogen (secondary N) is 1. The zero-order valence-corrected chi connectivity index (χ0v) is 11.9. The predicted molar refractivity (Wildman–Crippen MR) is 75.0 cm³/mol. The summed E-state index contributed by atoms with van der Waals surface area (Å²) in [6, 6.07) is 4.23. The van der Waals surface area contributed by atoms with Gasteiger partial charge in [-0.1, -0.05) is 13.0 Å². The Balaban J connectivity index is 2.66. The number of rotatable bonds is 7. The van der Waals surface area contributed by atoms with E-state index in [2.05, 4.69) is 38.2 Å². The molecule has 0 saturated carbocycles. The molecule has 1 rings (SSSR count). The largest absolute Gasteiger partial charge is 0.496 e. The molecule has 0 spiro atoms. The lowest BCUT2D eigenvalue weighted by molar-refractivity contribution is 0.218. The van der Waals surface area contributed by atoms with Gasteiger partial charge in [-0.15, -0.1) is 0 Å². The maximum Gasteiger partial charge on any atom is 0.123 e. The number of hydrogen-bond donors (Lipinski definition) is 2. The Bertz CT molecular complexity index is 373. The smallest absolute Gasteiger partial charge is 0.123 e. The van der Waals surface area contributed by atoms with Crippen LogP contribution in [0.25, 0.3) is 0 Å². The van der Waals surface area contributed by atoms with Gasteiger partial charge in [0.05, 0.1) is 7.11 Å². The Morgan fingerprint density at radius 1 is 1.33 bits per heavy atom. The second-order valence-electron chi connectivity index (χ2n) is 4.85. The van der Waals surface area contributed by atoms with Crippen LogP contribution in [-0.4, -0.2) is 25.4 Å². The van der Waals surface area contributed by atoms with Crippen molar-refractivity contribution in [2.75, 3.05) is 20.3 Å². The van der Waals surface area contributed by atoms with Gasteiger partial charge in [0.15, 0.2) is 0 Å². The van der Waals surface area contributed by atoms with E-state index in [4.69, 9.17) is 9.84 Å². The third kappa shape index (κ3) is 4.00. The van der Waals surface area contributed by atoms with Gasteiger partial charge in [0.25, 0.3) is 0 Å². The van der Waals surface area contributed by atoms with Crippen LogP contribution < -0.4 is 10.1 Å². The van der Waals surface area contributed by atoms with Crippen molar-refractivity contribution in [3.63, 3.8) is 0 Å². The molecule has 0 aliphatic rings. The van der Waals surface area contributed by atoms with E-state index >= 15 is 0 Å². The highest BCUT2D eigenvalue weighted by molar-refractivity contribution is 5.42. The van der Waals surface area contributed by atoms with Gasteiger partial charge in [-0.2, -0.15) is 0 Å². The Morgan fingerprint density at radius 2 is 2.06 bits per heavy atom. The number of methoxy groups -OCH3 is 1. The molecule has 0 aliphatic carbocycles. The number of hydrogen-bond acceptors (Lipinski definition) is 3. The summed E-state index contributed by atoms with van der Waals surface area (Å²) < 4.78 is 5.43. The topological polar surface area (TPSA) is 41.5 Å². The van der Waals surface area contributed by atoms with Crippen molar-refractivity contribution in [1.82, 2.24) is 5.32 Å². The molecule has 2 N–H and O–H groups in total. The summed E-state index contributed by atoms with van der Waals surface area (Å²) in [5, 5.41) is 12.5. The molecule has 0 radical (unpaired) electrons. The van der Waals surface area contributed by atoms with Crippen LogP contribution in [0.15, 0.2) is 12.1 Å². The molecule has 0 bridgehead atoms. The lowest BCUT2D eigenvalue weighted by Crippen LogP contribution is -2.25. The van der Waals surface area contributed by atoms with Crippen molar-refractivity contribution < 1.29 is 9.84 Å². The van der Waals surface area contributed by atoms with Crippen molar-refractivity contribution in [3.8, 4) is 5.75 Å². The molecule has 0 fully saturated rings. The van der Waals surface area contributed by atoms with Crippen molar-refractivity contribution in [3.05, 3.63) is 28.8 Å². The van der Waals surface area contributed by atoms with Crippen LogP contribution in [0.2, 0.25) is 0 Å². The quantitative estimate of drug-likeness (QED) is 0.782. The van der Waals surface area contributed by atoms with E-state index < -0.39 is 0 Å². The highest BCUT2D eigenvalue weighted by Crippen LogP contribution is 2.23. The molecule has 1 unspecified atom stereocenters. The Hall–Kier alpha value is -1.06. The third-order valence-electron chi connectivity index (χ3n) is 3.37. The molecule has 1 aromatic carbocycles. The second kappa shape index (κ2) is 7.39. The van der Waals surface area contributed by atoms with E-state index in [9.17, 15) is 0 Å². The monoisotopic (exact) mass is 251 g/mol. The normalized spacial score (nSPS) is 12.5. The minimum atomic E-state index is 0.244. The minimum absolute atomic E-state index is 0.244. The average Bonchev–Trinajstić information content (AvgIpc) is 2.36. The first kappa shape index (κ1) is 15.0. The molecule has 0 saturated heterocycles. The van der Waals surface area contributed by atoms with E-state index in [1.165, 1.54) is 16.7 Å². The summed E-state index contributed by atoms with van der Waals surface area (Å²) in [6.07, 6.45) is 0.994. The number of ether oxygens (including phenoxy) is 1. The number of aliphatic hydroxyl groups is 1. The van der Waals surface area contributed by atoms with Crippen molar-refractivity contribution in [1.29, 1.82) is 0 Å². The number of benzene rings is 1. The van der Waals surface area contributed by atoms with E-state index in [0.29, 0.717) is 5.92 Å². The van der Waals surface area contributed by atoms with Crippen molar-refractivity contribution in [2.45, 2.75) is 33.7 Å². The zero-order valence-electron chi connectivity index (χ0n) is 11.9. The van der Waals surface area contributed by atoms with Gasteiger partial charge in [0.2, 0.25) is 0 Å². The molecule has 3 nitrogen and oxygen atoms in total. The van der Waals surface area contributed by atoms with Crippen LogP contribution in [0.4, 0.5) is 0 Å². The van der Waals surface area contributed by atoms with Gasteiger partial charge in [0.1, 0.15) is 5.75 Å². The third-order valence-corrected chi connectivity index (χ3v) is 3.37. The molecule has 18 heavy (non-hydrogen) atoms. The van der Waals surface area contributed by atoms with E-state index in [1.54, 1.807) is 7.11 Å². The van der Waals surface area contributed by atoms with Gasteiger partial charge in [-0.25, -0.2) is 0 Å². The first-order valence-electron chi connectivity index (χ1n) is 6.58. The molecule has 0 aromatic heterocycles. The summed E-state index contributed by atoms with van der Waals surface area (Å²) >= 11 is 0. The van der Waals surface area contributed by atoms with Crippen LogP contribution >= 0.6 is 0 Å². The van der Waals surface area contributed by atoms with Crippen LogP contribution in [0, 0.1) is 19.8 Å². The minimum Gasteiger partial charge on any atom is -0.496 e. The first-order valence-corrected chi connectivity index (χ1v) is 6.58. The molecular formula is C15H25NO2. The predicted octanol–water partition coefficient (Wildman–Crippen LogP) is 2.42. The molecule has 0 heterocycles. The van der Waals surface area contributed by atoms with Crippen LogP contribution in [0.1, 0.15) is 30.0 Å². The summed E-state index contributed by atoms with van der Waals surface area (Å²) in [7, 11) is 1.71. The molecule has 0 aliphatic heterocycles. The molecule has 0 amide bonds. The maximum atomic E-state index is 9.15. The SMILES string of the molecule is CCC(CO)CNCc1c(C)cc(C)cc1OC. The second-order valence-corrected chi connectivity index (χ2v) is 4.85. The van der Waals surface area contributed by atoms with Crippen LogP contribution in [0.5, 0.6) is 5.75 Å². The molecule has 3 heteroatoms. The summed E-state index contributed by atoms with van der Waals surface area (Å²) in [5.74, 6) is 1.28. The van der Waals surface area contributed by atoms with Crippen LogP contribution in [-0.2, 0) is 6.54 Å². The summed E-state index contributed by atoms with van der Waals surface area (Å²) in [4.78, 5) is 0. The Morgan fingerprint density at radius 3 is 2.61 bits per heavy atom. The van der Waals surface area contributed by atoms with Crippen LogP contribution in [0.3, 0.4) is 0 Å². The van der Waals surface area contributed by atoms with Gasteiger partial charge in [0, 0.05) is 25.3 Å². The van der Waals surface area contributed by atoms with Crippen molar-refractivity contribution >= 4 is 0 Å². The number of aliphatic hydroxyl groups excluding tert-OH is 1. The first-order chi connectivity index (χ1) is 8.62. The van der Waals surface area contributed by atoms with Crippen molar-refractivity contribution in [2.24, 2.45) is 5.92 Å². The lowest BCUT2D eigenvalue weighted by atomic mass is 10.0. The molecule has 1 atom stereocenters. The highest BCUT2D eigenvalue weighted by Gasteiger charge is 2.09. The molecule has 102 valence electrons. The fourth-order valence-corrected chi connectivity index (χ4v) is 2.11. The summed E-state index contributed by atoms with van der Waals surface area (Å²) in [6.45, 7) is 8.14. The lowest BCUT2D eigenvalue weighted by Gasteiger charge is -2.16. The van der Waals surface area contributed by atoms with E-state index in [0.717, 1.165) is 25.3 Å². The fraction of sp³-hybridized carbons (Fsp3) is 0.600. The standard InChI is InChI=1S/C15H25NO2/c1-5-13(10-17)8-16-9-14-12(3)6-11(2)7-15(14)18-4/h6-7,13,16-17H,5,8-10H2,1-4H3. The number of aryl methyl sites for hydroxylation is 2. The molecular weight excluding hydrogens is 226 g/mol. The summed E-state index contributed by atoms with van der Waals surface area (Å²) in [5.41, 5.74) is 3.67. The van der Waals surface area contributed by atoms with Gasteiger partial charge < -0.3 is 15.2 Å². The molecule has 1 aromatic rings.